The van der Waals surface area contributed by atoms with Crippen molar-refractivity contribution in [2.75, 3.05) is 5.88 Å². The predicted octanol–water partition coefficient (Wildman–Crippen LogP) is 1.60. The zero-order valence-electron chi connectivity index (χ0n) is 8.44. The number of alkyl halides is 1. The second-order valence-corrected chi connectivity index (χ2v) is 3.60. The quantitative estimate of drug-likeness (QED) is 0.823. The minimum absolute atomic E-state index is 0.196. The van der Waals surface area contributed by atoms with Crippen LogP contribution in [0.3, 0.4) is 0 Å². The maximum Gasteiger partial charge on any atom is 0.264 e. The third-order valence-corrected chi connectivity index (χ3v) is 2.26. The molecule has 0 aliphatic heterocycles. The lowest BCUT2D eigenvalue weighted by Crippen LogP contribution is -2.03. The van der Waals surface area contributed by atoms with Crippen LogP contribution in [0.25, 0.3) is 11.6 Å². The predicted molar refractivity (Wildman–Crippen MR) is 59.4 cm³/mol. The van der Waals surface area contributed by atoms with E-state index in [4.69, 9.17) is 16.0 Å². The van der Waals surface area contributed by atoms with Crippen LogP contribution in [0, 0.1) is 0 Å². The van der Waals surface area contributed by atoms with Gasteiger partial charge in [-0.3, -0.25) is 4.79 Å². The number of pyridine rings is 1. The lowest BCUT2D eigenvalue weighted by molar-refractivity contribution is 0.501. The minimum atomic E-state index is -0.196. The summed E-state index contributed by atoms with van der Waals surface area (Å²) in [7, 11) is 0. The van der Waals surface area contributed by atoms with Crippen molar-refractivity contribution in [3.63, 3.8) is 0 Å². The molecular weight excluding hydrogens is 230 g/mol. The normalized spacial score (nSPS) is 10.6. The maximum atomic E-state index is 11.1. The van der Waals surface area contributed by atoms with Gasteiger partial charge in [-0.1, -0.05) is 6.07 Å². The van der Waals surface area contributed by atoms with Gasteiger partial charge in [0.2, 0.25) is 11.4 Å². The van der Waals surface area contributed by atoms with Gasteiger partial charge in [0.05, 0.1) is 0 Å². The van der Waals surface area contributed by atoms with Gasteiger partial charge in [0, 0.05) is 18.4 Å². The smallest absolute Gasteiger partial charge is 0.264 e. The highest BCUT2D eigenvalue weighted by Crippen LogP contribution is 2.14. The Balaban J connectivity index is 2.21. The van der Waals surface area contributed by atoms with Crippen LogP contribution in [0.4, 0.5) is 0 Å². The Morgan fingerprint density at radius 2 is 2.25 bits per heavy atom. The molecule has 0 atom stereocenters. The molecule has 2 heterocycles. The molecule has 2 aromatic rings. The number of aryl methyl sites for hydroxylation is 1. The van der Waals surface area contributed by atoms with E-state index in [0.29, 0.717) is 29.8 Å². The Morgan fingerprint density at radius 3 is 3.00 bits per heavy atom. The zero-order chi connectivity index (χ0) is 11.4. The highest BCUT2D eigenvalue weighted by molar-refractivity contribution is 6.17. The van der Waals surface area contributed by atoms with Crippen LogP contribution in [-0.4, -0.2) is 21.1 Å². The zero-order valence-corrected chi connectivity index (χ0v) is 9.20. The fourth-order valence-corrected chi connectivity index (χ4v) is 1.39. The van der Waals surface area contributed by atoms with Crippen LogP contribution in [0.2, 0.25) is 0 Å². The molecule has 2 aromatic heterocycles. The Hall–Kier alpha value is -1.62. The summed E-state index contributed by atoms with van der Waals surface area (Å²) in [5.41, 5.74) is 0.329. The average Bonchev–Trinajstić information content (AvgIpc) is 2.75. The molecule has 0 unspecified atom stereocenters. The van der Waals surface area contributed by atoms with Crippen LogP contribution >= 0.6 is 11.6 Å². The molecule has 0 fully saturated rings. The van der Waals surface area contributed by atoms with E-state index < -0.39 is 0 Å². The van der Waals surface area contributed by atoms with Gasteiger partial charge in [-0.05, 0) is 12.5 Å². The van der Waals surface area contributed by atoms with E-state index in [0.717, 1.165) is 6.42 Å². The first-order valence-electron chi connectivity index (χ1n) is 4.87. The monoisotopic (exact) mass is 239 g/mol. The average molecular weight is 240 g/mol. The molecule has 0 aliphatic carbocycles. The van der Waals surface area contributed by atoms with Crippen LogP contribution in [-0.2, 0) is 6.42 Å². The van der Waals surface area contributed by atoms with Crippen molar-refractivity contribution in [2.24, 2.45) is 0 Å². The Kier molecular flexibility index (Phi) is 3.36. The van der Waals surface area contributed by atoms with Crippen LogP contribution in [0.15, 0.2) is 27.4 Å². The van der Waals surface area contributed by atoms with Crippen molar-refractivity contribution in [3.8, 4) is 11.6 Å². The molecule has 16 heavy (non-hydrogen) atoms. The summed E-state index contributed by atoms with van der Waals surface area (Å²) >= 11 is 5.56. The summed E-state index contributed by atoms with van der Waals surface area (Å²) in [6.45, 7) is 0. The third kappa shape index (κ3) is 2.49. The van der Waals surface area contributed by atoms with Crippen molar-refractivity contribution in [3.05, 3.63) is 34.4 Å². The number of nitrogens with one attached hydrogen (secondary N) is 1. The van der Waals surface area contributed by atoms with Crippen LogP contribution in [0.5, 0.6) is 0 Å². The van der Waals surface area contributed by atoms with Crippen molar-refractivity contribution in [1.82, 2.24) is 15.2 Å². The number of hydrogen-bond acceptors (Lipinski definition) is 4. The SMILES string of the molecule is O=c1cccc(-c2nnc(CCCCl)o2)[nH]1. The molecule has 5 nitrogen and oxygen atoms in total. The van der Waals surface area contributed by atoms with E-state index >= 15 is 0 Å². The molecule has 0 spiro atoms. The van der Waals surface area contributed by atoms with Crippen molar-refractivity contribution in [2.45, 2.75) is 12.8 Å². The van der Waals surface area contributed by atoms with E-state index in [9.17, 15) is 4.79 Å². The fourth-order valence-electron chi connectivity index (χ4n) is 1.25. The van der Waals surface area contributed by atoms with Crippen molar-refractivity contribution in [1.29, 1.82) is 0 Å². The van der Waals surface area contributed by atoms with Gasteiger partial charge in [-0.15, -0.1) is 21.8 Å². The minimum Gasteiger partial charge on any atom is -0.419 e. The van der Waals surface area contributed by atoms with Crippen LogP contribution in [0.1, 0.15) is 12.3 Å². The maximum absolute atomic E-state index is 11.1. The third-order valence-electron chi connectivity index (χ3n) is 1.99. The van der Waals surface area contributed by atoms with Crippen LogP contribution < -0.4 is 5.56 Å². The summed E-state index contributed by atoms with van der Waals surface area (Å²) in [6.07, 6.45) is 1.43. The van der Waals surface area contributed by atoms with E-state index in [2.05, 4.69) is 15.2 Å². The topological polar surface area (TPSA) is 71.8 Å². The first kappa shape index (κ1) is 10.9. The van der Waals surface area contributed by atoms with Crippen molar-refractivity contribution < 1.29 is 4.42 Å². The summed E-state index contributed by atoms with van der Waals surface area (Å²) in [5, 5.41) is 7.71. The van der Waals surface area contributed by atoms with E-state index in [1.54, 1.807) is 12.1 Å². The number of aromatic nitrogens is 3. The van der Waals surface area contributed by atoms with Gasteiger partial charge in [-0.2, -0.15) is 0 Å². The Labute approximate surface area is 96.5 Å². The molecule has 0 saturated heterocycles. The van der Waals surface area contributed by atoms with Gasteiger partial charge in [0.25, 0.3) is 5.89 Å². The molecule has 84 valence electrons. The molecule has 0 aromatic carbocycles. The van der Waals surface area contributed by atoms with Gasteiger partial charge in [0.1, 0.15) is 5.69 Å². The highest BCUT2D eigenvalue weighted by atomic mass is 35.5. The second kappa shape index (κ2) is 4.94. The second-order valence-electron chi connectivity index (χ2n) is 3.22. The van der Waals surface area contributed by atoms with E-state index in [-0.39, 0.29) is 5.56 Å². The lowest BCUT2D eigenvalue weighted by atomic mass is 10.3. The number of nitrogens with zero attached hydrogens (tertiary/aromatic N) is 2. The highest BCUT2D eigenvalue weighted by Gasteiger charge is 2.08. The Bertz CT molecular complexity index is 521. The van der Waals surface area contributed by atoms with Gasteiger partial charge >= 0.3 is 0 Å². The lowest BCUT2D eigenvalue weighted by Gasteiger charge is -1.92. The number of rotatable bonds is 4. The number of hydrogen-bond donors (Lipinski definition) is 1. The summed E-state index contributed by atoms with van der Waals surface area (Å²) in [4.78, 5) is 13.7. The first-order valence-corrected chi connectivity index (χ1v) is 5.41. The van der Waals surface area contributed by atoms with E-state index in [1.165, 1.54) is 6.07 Å². The van der Waals surface area contributed by atoms with Gasteiger partial charge < -0.3 is 9.40 Å². The summed E-state index contributed by atoms with van der Waals surface area (Å²) < 4.78 is 5.38. The van der Waals surface area contributed by atoms with Gasteiger partial charge in [-0.25, -0.2) is 0 Å². The molecule has 0 aliphatic rings. The summed E-state index contributed by atoms with van der Waals surface area (Å²) in [5.74, 6) is 1.41. The number of aromatic amines is 1. The largest absolute Gasteiger partial charge is 0.419 e. The first-order chi connectivity index (χ1) is 7.79. The van der Waals surface area contributed by atoms with Crippen molar-refractivity contribution >= 4 is 11.6 Å². The number of halogens is 1. The molecule has 1 N–H and O–H groups in total. The molecule has 6 heteroatoms. The molecule has 0 bridgehead atoms. The summed E-state index contributed by atoms with van der Waals surface area (Å²) in [6, 6.07) is 4.77. The molecular formula is C10H10ClN3O2. The Morgan fingerprint density at radius 1 is 1.38 bits per heavy atom. The van der Waals surface area contributed by atoms with E-state index in [1.807, 2.05) is 0 Å². The molecule has 0 amide bonds. The number of H-pyrrole nitrogens is 1. The molecule has 2 rings (SSSR count). The van der Waals surface area contributed by atoms with Gasteiger partial charge in [0.15, 0.2) is 0 Å². The standard InChI is InChI=1S/C10H10ClN3O2/c11-6-2-5-9-13-14-10(16-9)7-3-1-4-8(15)12-7/h1,3-4H,2,5-6H2,(H,12,15). The fraction of sp³-hybridized carbons (Fsp3) is 0.300. The molecule has 0 radical (unpaired) electrons. The molecule has 0 saturated carbocycles.